The maximum absolute atomic E-state index is 7.02. The van der Waals surface area contributed by atoms with Gasteiger partial charge in [-0.1, -0.05) is 137 Å². The van der Waals surface area contributed by atoms with Crippen molar-refractivity contribution in [3.63, 3.8) is 0 Å². The summed E-state index contributed by atoms with van der Waals surface area (Å²) in [5.41, 5.74) is 5.23. The fourth-order valence-corrected chi connectivity index (χ4v) is 6.71. The molecule has 0 amide bonds. The number of rotatable bonds is 15. The third-order valence-corrected chi connectivity index (χ3v) is 8.81. The van der Waals surface area contributed by atoms with Crippen molar-refractivity contribution in [3.05, 3.63) is 58.7 Å². The Hall–Kier alpha value is -1.43. The Bertz CT molecular complexity index is 767. The van der Waals surface area contributed by atoms with Crippen molar-refractivity contribution >= 4 is 14.8 Å². The normalized spacial score (nSPS) is 11.7. The zero-order valence-electron chi connectivity index (χ0n) is 24.1. The first-order valence-corrected chi connectivity index (χ1v) is 16.0. The molecule has 3 heteroatoms. The summed E-state index contributed by atoms with van der Waals surface area (Å²) < 4.78 is 14.0. The summed E-state index contributed by atoms with van der Waals surface area (Å²) in [5, 5.41) is 1.04. The van der Waals surface area contributed by atoms with Crippen LogP contribution in [0.1, 0.15) is 147 Å². The van der Waals surface area contributed by atoms with Gasteiger partial charge in [-0.25, -0.2) is 0 Å². The summed E-state index contributed by atoms with van der Waals surface area (Å²) in [6, 6.07) is 13.3. The van der Waals surface area contributed by atoms with Crippen LogP contribution in [-0.2, 0) is 0 Å². The third-order valence-electron chi connectivity index (χ3n) is 6.93. The quantitative estimate of drug-likeness (QED) is 0.181. The van der Waals surface area contributed by atoms with Crippen LogP contribution in [0.3, 0.4) is 0 Å². The van der Waals surface area contributed by atoms with E-state index < -0.39 is 14.8 Å². The van der Waals surface area contributed by atoms with Crippen molar-refractivity contribution in [2.75, 3.05) is 0 Å². The average Bonchev–Trinajstić information content (AvgIpc) is 2.80. The van der Waals surface area contributed by atoms with Crippen LogP contribution in [0.5, 0.6) is 11.5 Å². The molecule has 0 heterocycles. The lowest BCUT2D eigenvalue weighted by atomic mass is 9.94. The lowest BCUT2D eigenvalue weighted by molar-refractivity contribution is 0.402. The van der Waals surface area contributed by atoms with E-state index in [9.17, 15) is 0 Å². The second-order valence-corrected chi connectivity index (χ2v) is 13.3. The van der Waals surface area contributed by atoms with Gasteiger partial charge in [-0.15, -0.1) is 0 Å². The predicted octanol–water partition coefficient (Wildman–Crippen LogP) is 10.5. The number of para-hydroxylation sites is 2. The van der Waals surface area contributed by atoms with Gasteiger partial charge in [0.1, 0.15) is 0 Å². The van der Waals surface area contributed by atoms with Gasteiger partial charge in [0.25, 0.3) is 0 Å². The van der Waals surface area contributed by atoms with Crippen molar-refractivity contribution in [2.45, 2.75) is 130 Å². The summed E-state index contributed by atoms with van der Waals surface area (Å²) in [4.78, 5) is 0. The van der Waals surface area contributed by atoms with Crippen LogP contribution < -0.4 is 7.58 Å². The van der Waals surface area contributed by atoms with E-state index in [0.717, 1.165) is 16.8 Å². The minimum atomic E-state index is -2.02. The SMILES string of the molecule is CCCCCCC[CH2][Al]([O]c1c(C(C)C)cccc1C(C)C)[O]c1c(C(C)C)cccc1C(C)C. The van der Waals surface area contributed by atoms with Crippen molar-refractivity contribution in [1.82, 2.24) is 0 Å². The molecule has 194 valence electrons. The molecule has 0 bridgehead atoms. The summed E-state index contributed by atoms with van der Waals surface area (Å²) in [5.74, 6) is 3.85. The van der Waals surface area contributed by atoms with E-state index in [1.54, 1.807) is 0 Å². The fraction of sp³-hybridized carbons (Fsp3) is 0.625. The summed E-state index contributed by atoms with van der Waals surface area (Å²) >= 11 is -2.02. The first kappa shape index (κ1) is 29.8. The smallest absolute Gasteiger partial charge is 0.611 e. The van der Waals surface area contributed by atoms with E-state index in [4.69, 9.17) is 7.58 Å². The Balaban J connectivity index is 2.42. The average molecular weight is 495 g/mol. The second kappa shape index (κ2) is 15.0. The Morgan fingerprint density at radius 2 is 0.886 bits per heavy atom. The molecule has 0 aliphatic carbocycles. The summed E-state index contributed by atoms with van der Waals surface area (Å²) in [6.07, 6.45) is 7.73. The standard InChI is InChI=1S/2C12H18O.C8H17.Al/c2*1-8(2)10-6-5-7-11(9(3)4)12(10)13;1-3-5-7-8-6-4-2;/h2*5-9,13H,1-4H3;1,3-8H2,2H3;/q;;;+2/p-2. The number of benzene rings is 2. The lowest BCUT2D eigenvalue weighted by Crippen LogP contribution is -2.32. The zero-order valence-corrected chi connectivity index (χ0v) is 25.3. The van der Waals surface area contributed by atoms with Crippen molar-refractivity contribution in [3.8, 4) is 11.5 Å². The maximum Gasteiger partial charge on any atom is 0.856 e. The van der Waals surface area contributed by atoms with Gasteiger partial charge in [-0.3, -0.25) is 0 Å². The minimum absolute atomic E-state index is 0.418. The van der Waals surface area contributed by atoms with E-state index in [-0.39, 0.29) is 0 Å². The van der Waals surface area contributed by atoms with E-state index in [0.29, 0.717) is 23.7 Å². The molecule has 2 rings (SSSR count). The summed E-state index contributed by atoms with van der Waals surface area (Å²) in [6.45, 7) is 20.4. The first-order chi connectivity index (χ1) is 16.7. The Morgan fingerprint density at radius 3 is 1.23 bits per heavy atom. The van der Waals surface area contributed by atoms with E-state index in [1.165, 1.54) is 60.8 Å². The van der Waals surface area contributed by atoms with Gasteiger partial charge >= 0.3 is 14.8 Å². The van der Waals surface area contributed by atoms with Crippen molar-refractivity contribution < 1.29 is 7.58 Å². The third kappa shape index (κ3) is 8.87. The molecule has 0 aliphatic heterocycles. The van der Waals surface area contributed by atoms with Crippen LogP contribution in [0.25, 0.3) is 0 Å². The van der Waals surface area contributed by atoms with E-state index >= 15 is 0 Å². The molecule has 2 aromatic rings. The Morgan fingerprint density at radius 1 is 0.543 bits per heavy atom. The molecule has 2 nitrogen and oxygen atoms in total. The molecule has 0 N–H and O–H groups in total. The molecule has 0 atom stereocenters. The van der Waals surface area contributed by atoms with Crippen LogP contribution in [-0.4, -0.2) is 14.8 Å². The number of hydrogen-bond donors (Lipinski definition) is 0. The van der Waals surface area contributed by atoms with Crippen LogP contribution in [0.15, 0.2) is 36.4 Å². The molecular formula is C32H51AlO2. The number of unbranched alkanes of at least 4 members (excludes halogenated alkanes) is 5. The highest BCUT2D eigenvalue weighted by Crippen LogP contribution is 2.38. The van der Waals surface area contributed by atoms with Crippen LogP contribution in [0, 0.1) is 0 Å². The van der Waals surface area contributed by atoms with Gasteiger partial charge in [0.2, 0.25) is 0 Å². The number of hydrogen-bond acceptors (Lipinski definition) is 2. The molecule has 0 saturated heterocycles. The van der Waals surface area contributed by atoms with Crippen LogP contribution in [0.4, 0.5) is 0 Å². The predicted molar refractivity (Wildman–Crippen MR) is 154 cm³/mol. The van der Waals surface area contributed by atoms with Gasteiger partial charge in [0, 0.05) is 0 Å². The molecule has 0 unspecified atom stereocenters. The molecule has 2 aromatic carbocycles. The van der Waals surface area contributed by atoms with E-state index in [1.807, 2.05) is 0 Å². The molecule has 0 radical (unpaired) electrons. The molecular weight excluding hydrogens is 443 g/mol. The van der Waals surface area contributed by atoms with Crippen LogP contribution >= 0.6 is 0 Å². The van der Waals surface area contributed by atoms with Crippen molar-refractivity contribution in [2.24, 2.45) is 0 Å². The molecule has 0 aliphatic rings. The molecule has 0 saturated carbocycles. The minimum Gasteiger partial charge on any atom is -0.611 e. The topological polar surface area (TPSA) is 18.5 Å². The van der Waals surface area contributed by atoms with Gasteiger partial charge in [0.05, 0.1) is 11.5 Å². The van der Waals surface area contributed by atoms with Crippen LogP contribution in [0.2, 0.25) is 5.28 Å². The molecule has 0 fully saturated rings. The highest BCUT2D eigenvalue weighted by atomic mass is 27.2. The highest BCUT2D eigenvalue weighted by Gasteiger charge is 2.35. The molecule has 0 aromatic heterocycles. The zero-order chi connectivity index (χ0) is 26.0. The van der Waals surface area contributed by atoms with Gasteiger partial charge in [0.15, 0.2) is 0 Å². The molecule has 35 heavy (non-hydrogen) atoms. The highest BCUT2D eigenvalue weighted by molar-refractivity contribution is 6.46. The Kier molecular flexibility index (Phi) is 12.7. The molecule has 0 spiro atoms. The first-order valence-electron chi connectivity index (χ1n) is 14.3. The van der Waals surface area contributed by atoms with Gasteiger partial charge < -0.3 is 7.58 Å². The lowest BCUT2D eigenvalue weighted by Gasteiger charge is -2.27. The Labute approximate surface area is 221 Å². The monoisotopic (exact) mass is 494 g/mol. The van der Waals surface area contributed by atoms with Gasteiger partial charge in [-0.2, -0.15) is 0 Å². The summed E-state index contributed by atoms with van der Waals surface area (Å²) in [7, 11) is 0. The largest absolute Gasteiger partial charge is 0.856 e. The van der Waals surface area contributed by atoms with E-state index in [2.05, 4.69) is 98.7 Å². The fourth-order valence-electron chi connectivity index (χ4n) is 4.73. The van der Waals surface area contributed by atoms with Gasteiger partial charge in [-0.05, 0) is 51.2 Å². The maximum atomic E-state index is 7.02. The second-order valence-electron chi connectivity index (χ2n) is 11.4. The van der Waals surface area contributed by atoms with Crippen molar-refractivity contribution in [1.29, 1.82) is 0 Å².